The highest BCUT2D eigenvalue weighted by Crippen LogP contribution is 2.36. The lowest BCUT2D eigenvalue weighted by atomic mass is 9.87. The molecule has 1 unspecified atom stereocenters. The maximum Gasteiger partial charge on any atom is 0.242 e. The van der Waals surface area contributed by atoms with E-state index in [0.29, 0.717) is 13.1 Å². The Morgan fingerprint density at radius 3 is 2.40 bits per heavy atom. The first-order valence-electron chi connectivity index (χ1n) is 7.41. The molecule has 3 N–H and O–H groups in total. The Hall–Kier alpha value is -1.39. The summed E-state index contributed by atoms with van der Waals surface area (Å²) in [5.74, 6) is 0.333. The standard InChI is InChI=1S/C16H22N2O2/c17-16(8-9-16)15(20)18-10-6-13(7-11-18)14(19)12-4-2-1-3-5-12/h1-5,13-14,19H,6-11,17H2. The molecule has 0 aromatic heterocycles. The SMILES string of the molecule is NC1(C(=O)N2CCC(C(O)c3ccccc3)CC2)CC1. The van der Waals surface area contributed by atoms with Crippen LogP contribution in [-0.4, -0.2) is 34.5 Å². The fourth-order valence-corrected chi connectivity index (χ4v) is 3.00. The van der Waals surface area contributed by atoms with Gasteiger partial charge in [0.25, 0.3) is 0 Å². The zero-order valence-electron chi connectivity index (χ0n) is 11.7. The van der Waals surface area contributed by atoms with Crippen LogP contribution in [0.4, 0.5) is 0 Å². The molecule has 1 aromatic carbocycles. The molecule has 1 aliphatic heterocycles. The number of likely N-dealkylation sites (tertiary alicyclic amines) is 1. The van der Waals surface area contributed by atoms with Crippen molar-refractivity contribution in [3.05, 3.63) is 35.9 Å². The van der Waals surface area contributed by atoms with Gasteiger partial charge in [0.2, 0.25) is 5.91 Å². The number of rotatable bonds is 3. The number of carbonyl (C=O) groups excluding carboxylic acids is 1. The number of benzene rings is 1. The second-order valence-corrected chi connectivity index (χ2v) is 6.14. The van der Waals surface area contributed by atoms with Gasteiger partial charge >= 0.3 is 0 Å². The summed E-state index contributed by atoms with van der Waals surface area (Å²) in [6, 6.07) is 9.77. The first kappa shape index (κ1) is 13.6. The Balaban J connectivity index is 1.57. The van der Waals surface area contributed by atoms with E-state index in [1.165, 1.54) is 0 Å². The summed E-state index contributed by atoms with van der Waals surface area (Å²) >= 11 is 0. The Labute approximate surface area is 119 Å². The monoisotopic (exact) mass is 274 g/mol. The van der Waals surface area contributed by atoms with Gasteiger partial charge < -0.3 is 15.7 Å². The number of nitrogens with two attached hydrogens (primary N) is 1. The van der Waals surface area contributed by atoms with Gasteiger partial charge in [-0.3, -0.25) is 4.79 Å². The third kappa shape index (κ3) is 2.58. The van der Waals surface area contributed by atoms with E-state index in [2.05, 4.69) is 0 Å². The van der Waals surface area contributed by atoms with E-state index < -0.39 is 11.6 Å². The summed E-state index contributed by atoms with van der Waals surface area (Å²) in [6.07, 6.45) is 2.90. The molecule has 20 heavy (non-hydrogen) atoms. The van der Waals surface area contributed by atoms with Crippen molar-refractivity contribution < 1.29 is 9.90 Å². The average Bonchev–Trinajstić information content (AvgIpc) is 3.26. The second-order valence-electron chi connectivity index (χ2n) is 6.14. The molecule has 1 atom stereocenters. The van der Waals surface area contributed by atoms with E-state index >= 15 is 0 Å². The van der Waals surface area contributed by atoms with Gasteiger partial charge in [0.15, 0.2) is 0 Å². The van der Waals surface area contributed by atoms with Gasteiger partial charge in [0.1, 0.15) is 0 Å². The van der Waals surface area contributed by atoms with Crippen LogP contribution in [-0.2, 0) is 4.79 Å². The molecule has 2 aliphatic rings. The number of aliphatic hydroxyl groups excluding tert-OH is 1. The lowest BCUT2D eigenvalue weighted by molar-refractivity contribution is -0.135. The van der Waals surface area contributed by atoms with Gasteiger partial charge in [0.05, 0.1) is 11.6 Å². The van der Waals surface area contributed by atoms with Crippen LogP contribution in [0.2, 0.25) is 0 Å². The molecular formula is C16H22N2O2. The Morgan fingerprint density at radius 1 is 1.25 bits per heavy atom. The minimum absolute atomic E-state index is 0.102. The van der Waals surface area contributed by atoms with Crippen LogP contribution in [0.15, 0.2) is 30.3 Å². The number of amides is 1. The van der Waals surface area contributed by atoms with Gasteiger partial charge in [-0.25, -0.2) is 0 Å². The quantitative estimate of drug-likeness (QED) is 0.876. The molecule has 1 aliphatic carbocycles. The largest absolute Gasteiger partial charge is 0.388 e. The van der Waals surface area contributed by atoms with E-state index in [9.17, 15) is 9.90 Å². The molecule has 1 saturated carbocycles. The van der Waals surface area contributed by atoms with E-state index in [0.717, 1.165) is 31.2 Å². The first-order valence-corrected chi connectivity index (χ1v) is 7.41. The summed E-state index contributed by atoms with van der Waals surface area (Å²) in [4.78, 5) is 14.0. The highest BCUT2D eigenvalue weighted by atomic mass is 16.3. The van der Waals surface area contributed by atoms with Crippen LogP contribution >= 0.6 is 0 Å². The first-order chi connectivity index (χ1) is 9.60. The second kappa shape index (κ2) is 5.19. The zero-order chi connectivity index (χ0) is 14.2. The zero-order valence-corrected chi connectivity index (χ0v) is 11.7. The third-order valence-electron chi connectivity index (χ3n) is 4.63. The van der Waals surface area contributed by atoms with Crippen molar-refractivity contribution in [2.24, 2.45) is 11.7 Å². The van der Waals surface area contributed by atoms with Crippen LogP contribution in [0.5, 0.6) is 0 Å². The van der Waals surface area contributed by atoms with Crippen LogP contribution in [0.25, 0.3) is 0 Å². The van der Waals surface area contributed by atoms with E-state index in [1.54, 1.807) is 0 Å². The van der Waals surface area contributed by atoms with Crippen molar-refractivity contribution in [3.63, 3.8) is 0 Å². The molecule has 4 nitrogen and oxygen atoms in total. The van der Waals surface area contributed by atoms with Crippen LogP contribution in [0.1, 0.15) is 37.4 Å². The van der Waals surface area contributed by atoms with E-state index in [4.69, 9.17) is 5.73 Å². The molecule has 108 valence electrons. The number of nitrogens with zero attached hydrogens (tertiary/aromatic N) is 1. The molecule has 0 spiro atoms. The minimum Gasteiger partial charge on any atom is -0.388 e. The van der Waals surface area contributed by atoms with Gasteiger partial charge in [-0.1, -0.05) is 30.3 Å². The topological polar surface area (TPSA) is 66.6 Å². The Bertz CT molecular complexity index is 477. The molecule has 4 heteroatoms. The molecular weight excluding hydrogens is 252 g/mol. The molecule has 1 aromatic rings. The highest BCUT2D eigenvalue weighted by Gasteiger charge is 2.48. The lowest BCUT2D eigenvalue weighted by Crippen LogP contribution is -2.49. The molecule has 1 saturated heterocycles. The summed E-state index contributed by atoms with van der Waals surface area (Å²) in [6.45, 7) is 1.43. The van der Waals surface area contributed by atoms with E-state index in [1.807, 2.05) is 35.2 Å². The maximum atomic E-state index is 12.2. The van der Waals surface area contributed by atoms with Gasteiger partial charge in [-0.2, -0.15) is 0 Å². The third-order valence-corrected chi connectivity index (χ3v) is 4.63. The normalized spacial score (nSPS) is 23.4. The smallest absolute Gasteiger partial charge is 0.242 e. The number of hydrogen-bond acceptors (Lipinski definition) is 3. The van der Waals surface area contributed by atoms with Crippen LogP contribution in [0, 0.1) is 5.92 Å². The Morgan fingerprint density at radius 2 is 1.85 bits per heavy atom. The van der Waals surface area contributed by atoms with Crippen LogP contribution < -0.4 is 5.73 Å². The number of hydrogen-bond donors (Lipinski definition) is 2. The summed E-state index contributed by atoms with van der Waals surface area (Å²) < 4.78 is 0. The molecule has 0 radical (unpaired) electrons. The van der Waals surface area contributed by atoms with Gasteiger partial charge in [-0.15, -0.1) is 0 Å². The fraction of sp³-hybridized carbons (Fsp3) is 0.562. The number of piperidine rings is 1. The summed E-state index contributed by atoms with van der Waals surface area (Å²) in [7, 11) is 0. The minimum atomic E-state index is -0.565. The summed E-state index contributed by atoms with van der Waals surface area (Å²) in [5, 5.41) is 10.4. The fourth-order valence-electron chi connectivity index (χ4n) is 3.00. The average molecular weight is 274 g/mol. The number of carbonyl (C=O) groups is 1. The molecule has 0 bridgehead atoms. The van der Waals surface area contributed by atoms with E-state index in [-0.39, 0.29) is 11.8 Å². The number of aliphatic hydroxyl groups is 1. The van der Waals surface area contributed by atoms with Gasteiger partial charge in [-0.05, 0) is 37.2 Å². The van der Waals surface area contributed by atoms with Crippen molar-refractivity contribution >= 4 is 5.91 Å². The predicted molar refractivity (Wildman–Crippen MR) is 76.9 cm³/mol. The summed E-state index contributed by atoms with van der Waals surface area (Å²) in [5.41, 5.74) is 6.37. The van der Waals surface area contributed by atoms with Crippen molar-refractivity contribution in [1.29, 1.82) is 0 Å². The van der Waals surface area contributed by atoms with Crippen molar-refractivity contribution in [1.82, 2.24) is 4.90 Å². The van der Waals surface area contributed by atoms with Gasteiger partial charge in [0, 0.05) is 13.1 Å². The van der Waals surface area contributed by atoms with Crippen molar-refractivity contribution in [2.75, 3.05) is 13.1 Å². The molecule has 1 amide bonds. The highest BCUT2D eigenvalue weighted by molar-refractivity contribution is 5.89. The Kier molecular flexibility index (Phi) is 3.52. The molecule has 3 rings (SSSR count). The maximum absolute atomic E-state index is 12.2. The van der Waals surface area contributed by atoms with Crippen molar-refractivity contribution in [2.45, 2.75) is 37.3 Å². The predicted octanol–water partition coefficient (Wildman–Crippen LogP) is 1.45. The van der Waals surface area contributed by atoms with Crippen molar-refractivity contribution in [3.8, 4) is 0 Å². The molecule has 1 heterocycles. The molecule has 2 fully saturated rings. The lowest BCUT2D eigenvalue weighted by Gasteiger charge is -2.35. The van der Waals surface area contributed by atoms with Crippen LogP contribution in [0.3, 0.4) is 0 Å².